The summed E-state index contributed by atoms with van der Waals surface area (Å²) < 4.78 is 40.9. The van der Waals surface area contributed by atoms with Crippen LogP contribution in [0.1, 0.15) is 0 Å². The molecular weight excluding hydrogens is 284 g/mol. The molecule has 0 aliphatic carbocycles. The highest BCUT2D eigenvalue weighted by atomic mass is 32.2. The van der Waals surface area contributed by atoms with Crippen molar-refractivity contribution in [1.82, 2.24) is 9.97 Å². The SMILES string of the molecule is COc1cnc(-c2ccc(S(=O)(=O)O)cc2)nc1OC. The van der Waals surface area contributed by atoms with Crippen LogP contribution in [-0.4, -0.2) is 37.2 Å². The van der Waals surface area contributed by atoms with Crippen molar-refractivity contribution in [3.8, 4) is 23.0 Å². The molecule has 0 bridgehead atoms. The number of rotatable bonds is 4. The Labute approximate surface area is 116 Å². The largest absolute Gasteiger partial charge is 0.490 e. The van der Waals surface area contributed by atoms with Crippen LogP contribution in [0.3, 0.4) is 0 Å². The third-order valence-electron chi connectivity index (χ3n) is 2.55. The van der Waals surface area contributed by atoms with E-state index in [0.29, 0.717) is 17.1 Å². The predicted molar refractivity (Wildman–Crippen MR) is 70.4 cm³/mol. The van der Waals surface area contributed by atoms with Crippen molar-refractivity contribution in [2.75, 3.05) is 14.2 Å². The molecule has 0 spiro atoms. The van der Waals surface area contributed by atoms with Gasteiger partial charge < -0.3 is 9.47 Å². The van der Waals surface area contributed by atoms with E-state index in [4.69, 9.17) is 14.0 Å². The van der Waals surface area contributed by atoms with Gasteiger partial charge in [-0.2, -0.15) is 13.4 Å². The number of hydrogen-bond donors (Lipinski definition) is 1. The van der Waals surface area contributed by atoms with Crippen LogP contribution in [0.2, 0.25) is 0 Å². The minimum absolute atomic E-state index is 0.193. The predicted octanol–water partition coefficient (Wildman–Crippen LogP) is 1.41. The third kappa shape index (κ3) is 2.86. The summed E-state index contributed by atoms with van der Waals surface area (Å²) in [6.45, 7) is 0. The number of nitrogens with zero attached hydrogens (tertiary/aromatic N) is 2. The Morgan fingerprint density at radius 3 is 2.25 bits per heavy atom. The Morgan fingerprint density at radius 2 is 1.75 bits per heavy atom. The maximum atomic E-state index is 11.0. The van der Waals surface area contributed by atoms with Gasteiger partial charge in [-0.1, -0.05) is 0 Å². The van der Waals surface area contributed by atoms with E-state index in [2.05, 4.69) is 9.97 Å². The van der Waals surface area contributed by atoms with Gasteiger partial charge in [0, 0.05) is 5.56 Å². The molecule has 1 heterocycles. The summed E-state index contributed by atoms with van der Waals surface area (Å²) >= 11 is 0. The maximum absolute atomic E-state index is 11.0. The zero-order chi connectivity index (χ0) is 14.8. The van der Waals surface area contributed by atoms with E-state index in [-0.39, 0.29) is 10.8 Å². The number of benzene rings is 1. The zero-order valence-corrected chi connectivity index (χ0v) is 11.6. The van der Waals surface area contributed by atoms with Gasteiger partial charge in [0.1, 0.15) is 0 Å². The van der Waals surface area contributed by atoms with Crippen molar-refractivity contribution in [3.05, 3.63) is 30.5 Å². The van der Waals surface area contributed by atoms with Gasteiger partial charge in [0.25, 0.3) is 16.0 Å². The lowest BCUT2D eigenvalue weighted by Crippen LogP contribution is -1.99. The molecule has 0 atom stereocenters. The summed E-state index contributed by atoms with van der Waals surface area (Å²) in [5.74, 6) is 1.02. The average Bonchev–Trinajstić information content (AvgIpc) is 2.45. The maximum Gasteiger partial charge on any atom is 0.294 e. The van der Waals surface area contributed by atoms with Crippen LogP contribution < -0.4 is 9.47 Å². The Balaban J connectivity index is 2.42. The Kier molecular flexibility index (Phi) is 3.86. The zero-order valence-electron chi connectivity index (χ0n) is 10.8. The summed E-state index contributed by atoms with van der Waals surface area (Å²) in [5, 5.41) is 0. The molecule has 8 heteroatoms. The summed E-state index contributed by atoms with van der Waals surface area (Å²) in [6, 6.07) is 5.52. The molecule has 0 saturated heterocycles. The van der Waals surface area contributed by atoms with E-state index >= 15 is 0 Å². The quantitative estimate of drug-likeness (QED) is 0.851. The molecule has 0 fully saturated rings. The van der Waals surface area contributed by atoms with Crippen LogP contribution in [-0.2, 0) is 10.1 Å². The summed E-state index contributed by atoms with van der Waals surface area (Å²) in [5.41, 5.74) is 0.582. The Morgan fingerprint density at radius 1 is 1.10 bits per heavy atom. The second-order valence-electron chi connectivity index (χ2n) is 3.77. The van der Waals surface area contributed by atoms with Gasteiger partial charge in [-0.25, -0.2) is 4.98 Å². The van der Waals surface area contributed by atoms with Gasteiger partial charge in [0.05, 0.1) is 25.3 Å². The highest BCUT2D eigenvalue weighted by Crippen LogP contribution is 2.26. The second-order valence-corrected chi connectivity index (χ2v) is 5.19. The fourth-order valence-electron chi connectivity index (χ4n) is 1.56. The molecule has 1 N–H and O–H groups in total. The molecular formula is C12H12N2O5S. The monoisotopic (exact) mass is 296 g/mol. The number of ether oxygens (including phenoxy) is 2. The third-order valence-corrected chi connectivity index (χ3v) is 3.41. The fourth-order valence-corrected chi connectivity index (χ4v) is 2.04. The van der Waals surface area contributed by atoms with Crippen molar-refractivity contribution in [2.24, 2.45) is 0 Å². The first kappa shape index (κ1) is 14.2. The van der Waals surface area contributed by atoms with Crippen molar-refractivity contribution < 1.29 is 22.4 Å². The van der Waals surface area contributed by atoms with E-state index in [1.807, 2.05) is 0 Å². The molecule has 0 saturated carbocycles. The van der Waals surface area contributed by atoms with E-state index in [1.54, 1.807) is 0 Å². The van der Waals surface area contributed by atoms with Crippen LogP contribution in [0, 0.1) is 0 Å². The van der Waals surface area contributed by atoms with Crippen LogP contribution >= 0.6 is 0 Å². The molecule has 2 aromatic rings. The first-order valence-electron chi connectivity index (χ1n) is 5.48. The van der Waals surface area contributed by atoms with E-state index in [9.17, 15) is 8.42 Å². The van der Waals surface area contributed by atoms with Crippen molar-refractivity contribution in [2.45, 2.75) is 4.90 Å². The molecule has 1 aromatic carbocycles. The second kappa shape index (κ2) is 5.43. The van der Waals surface area contributed by atoms with Crippen LogP contribution in [0.4, 0.5) is 0 Å². The van der Waals surface area contributed by atoms with Crippen molar-refractivity contribution >= 4 is 10.1 Å². The lowest BCUT2D eigenvalue weighted by Gasteiger charge is -2.07. The lowest BCUT2D eigenvalue weighted by atomic mass is 10.2. The first-order chi connectivity index (χ1) is 9.45. The van der Waals surface area contributed by atoms with Gasteiger partial charge in [-0.05, 0) is 24.3 Å². The van der Waals surface area contributed by atoms with Gasteiger partial charge in [0.2, 0.25) is 0 Å². The number of hydrogen-bond acceptors (Lipinski definition) is 6. The van der Waals surface area contributed by atoms with Crippen LogP contribution in [0.15, 0.2) is 35.4 Å². The molecule has 2 rings (SSSR count). The Hall–Kier alpha value is -2.19. The molecule has 1 aromatic heterocycles. The molecule has 0 aliphatic heterocycles. The molecule has 0 aliphatic rings. The molecule has 0 amide bonds. The topological polar surface area (TPSA) is 98.6 Å². The summed E-state index contributed by atoms with van der Waals surface area (Å²) in [6.07, 6.45) is 1.46. The normalized spacial score (nSPS) is 11.2. The lowest BCUT2D eigenvalue weighted by molar-refractivity contribution is 0.341. The molecule has 7 nitrogen and oxygen atoms in total. The molecule has 106 valence electrons. The average molecular weight is 296 g/mol. The Bertz CT molecular complexity index is 713. The first-order valence-corrected chi connectivity index (χ1v) is 6.92. The summed E-state index contributed by atoms with van der Waals surface area (Å²) in [4.78, 5) is 8.05. The minimum Gasteiger partial charge on any atom is -0.490 e. The fraction of sp³-hybridized carbons (Fsp3) is 0.167. The van der Waals surface area contributed by atoms with Gasteiger partial charge in [0.15, 0.2) is 11.6 Å². The van der Waals surface area contributed by atoms with E-state index < -0.39 is 10.1 Å². The smallest absolute Gasteiger partial charge is 0.294 e. The highest BCUT2D eigenvalue weighted by Gasteiger charge is 2.12. The van der Waals surface area contributed by atoms with Crippen molar-refractivity contribution in [1.29, 1.82) is 0 Å². The standard InChI is InChI=1S/C12H12N2O5S/c1-18-10-7-13-11(14-12(10)19-2)8-3-5-9(6-4-8)20(15,16)17/h3-7H,1-2H3,(H,15,16,17). The molecule has 20 heavy (non-hydrogen) atoms. The highest BCUT2D eigenvalue weighted by molar-refractivity contribution is 7.85. The minimum atomic E-state index is -4.21. The van der Waals surface area contributed by atoms with Gasteiger partial charge >= 0.3 is 0 Å². The summed E-state index contributed by atoms with van der Waals surface area (Å²) in [7, 11) is -1.28. The van der Waals surface area contributed by atoms with E-state index in [0.717, 1.165) is 0 Å². The van der Waals surface area contributed by atoms with Gasteiger partial charge in [-0.15, -0.1) is 0 Å². The van der Waals surface area contributed by atoms with Gasteiger partial charge in [-0.3, -0.25) is 4.55 Å². The van der Waals surface area contributed by atoms with Crippen LogP contribution in [0.5, 0.6) is 11.6 Å². The van der Waals surface area contributed by atoms with Crippen LogP contribution in [0.25, 0.3) is 11.4 Å². The molecule has 0 unspecified atom stereocenters. The van der Waals surface area contributed by atoms with Crippen molar-refractivity contribution in [3.63, 3.8) is 0 Å². The molecule has 0 radical (unpaired) electrons. The number of methoxy groups -OCH3 is 2. The van der Waals surface area contributed by atoms with E-state index in [1.165, 1.54) is 44.7 Å². The number of aromatic nitrogens is 2.